The fraction of sp³-hybridized carbons (Fsp3) is 0.429. The number of hydrogen-bond donors (Lipinski definition) is 0. The molecule has 16 heavy (non-hydrogen) atoms. The Morgan fingerprint density at radius 1 is 1.19 bits per heavy atom. The molecule has 0 aromatic heterocycles. The van der Waals surface area contributed by atoms with Gasteiger partial charge in [-0.1, -0.05) is 36.3 Å². The Kier molecular flexibility index (Phi) is 4.27. The van der Waals surface area contributed by atoms with Gasteiger partial charge in [0.15, 0.2) is 0 Å². The lowest BCUT2D eigenvalue weighted by Crippen LogP contribution is -2.21. The topological polar surface area (TPSA) is 18.5 Å². The average molecular weight is 216 g/mol. The molecule has 1 aromatic rings. The molecule has 0 spiro atoms. The highest BCUT2D eigenvalue weighted by molar-refractivity contribution is 5.19. The van der Waals surface area contributed by atoms with E-state index in [9.17, 15) is 0 Å². The number of hydrogen-bond acceptors (Lipinski definition) is 2. The van der Waals surface area contributed by atoms with Crippen LogP contribution in [0.15, 0.2) is 30.3 Å². The van der Waals surface area contributed by atoms with E-state index in [4.69, 9.17) is 9.47 Å². The summed E-state index contributed by atoms with van der Waals surface area (Å²) < 4.78 is 10.7. The van der Waals surface area contributed by atoms with Gasteiger partial charge in [0.25, 0.3) is 0 Å². The molecule has 84 valence electrons. The van der Waals surface area contributed by atoms with Crippen LogP contribution in [0.1, 0.15) is 18.4 Å². The Morgan fingerprint density at radius 2 is 1.94 bits per heavy atom. The lowest BCUT2D eigenvalue weighted by atomic mass is 10.1. The lowest BCUT2D eigenvalue weighted by Gasteiger charge is -2.19. The zero-order chi connectivity index (χ0) is 11.1. The first-order valence-electron chi connectivity index (χ1n) is 5.70. The summed E-state index contributed by atoms with van der Waals surface area (Å²) in [7, 11) is 0. The highest BCUT2D eigenvalue weighted by atomic mass is 16.5. The first kappa shape index (κ1) is 11.0. The van der Waals surface area contributed by atoms with Crippen molar-refractivity contribution >= 4 is 0 Å². The third-order valence-electron chi connectivity index (χ3n) is 2.60. The van der Waals surface area contributed by atoms with E-state index in [2.05, 4.69) is 24.2 Å². The van der Waals surface area contributed by atoms with Crippen molar-refractivity contribution in [3.8, 4) is 12.0 Å². The maximum absolute atomic E-state index is 5.46. The first-order valence-corrected chi connectivity index (χ1v) is 5.70. The predicted octanol–water partition coefficient (Wildman–Crippen LogP) is 2.39. The van der Waals surface area contributed by atoms with Crippen LogP contribution < -0.4 is 0 Å². The monoisotopic (exact) mass is 216 g/mol. The van der Waals surface area contributed by atoms with Crippen LogP contribution in [0.25, 0.3) is 0 Å². The molecule has 0 atom stereocenters. The highest BCUT2D eigenvalue weighted by Crippen LogP contribution is 2.09. The zero-order valence-electron chi connectivity index (χ0n) is 9.32. The summed E-state index contributed by atoms with van der Waals surface area (Å²) in [4.78, 5) is 0. The van der Waals surface area contributed by atoms with Gasteiger partial charge in [-0.2, -0.15) is 0 Å². The molecule has 1 aliphatic heterocycles. The van der Waals surface area contributed by atoms with E-state index >= 15 is 0 Å². The van der Waals surface area contributed by atoms with Gasteiger partial charge < -0.3 is 9.47 Å². The summed E-state index contributed by atoms with van der Waals surface area (Å²) in [5, 5.41) is 0. The van der Waals surface area contributed by atoms with Crippen molar-refractivity contribution in [1.82, 2.24) is 0 Å². The molecular formula is C14H16O2. The number of rotatable bonds is 2. The van der Waals surface area contributed by atoms with Crippen LogP contribution in [0.3, 0.4) is 0 Å². The van der Waals surface area contributed by atoms with Crippen molar-refractivity contribution in [1.29, 1.82) is 0 Å². The maximum atomic E-state index is 5.46. The standard InChI is InChI=1S/C14H16O2/c1-2-5-13(6-3-1)7-4-10-16-14-8-11-15-12-9-14/h1-3,5-6,14H,7-9,11-12H2. The van der Waals surface area contributed by atoms with E-state index in [0.29, 0.717) is 0 Å². The summed E-state index contributed by atoms with van der Waals surface area (Å²) in [6, 6.07) is 10.2. The summed E-state index contributed by atoms with van der Waals surface area (Å²) in [5.41, 5.74) is 1.23. The fourth-order valence-electron chi connectivity index (χ4n) is 1.65. The molecule has 1 aromatic carbocycles. The molecule has 0 amide bonds. The zero-order valence-corrected chi connectivity index (χ0v) is 9.32. The Hall–Kier alpha value is -1.46. The lowest BCUT2D eigenvalue weighted by molar-refractivity contribution is 0.0132. The SMILES string of the molecule is C(#COC1CCOCC1)Cc1ccccc1. The Bertz CT molecular complexity index is 355. The average Bonchev–Trinajstić information content (AvgIpc) is 2.37. The summed E-state index contributed by atoms with van der Waals surface area (Å²) in [6.07, 6.45) is 5.73. The van der Waals surface area contributed by atoms with Crippen LogP contribution in [-0.2, 0) is 15.9 Å². The van der Waals surface area contributed by atoms with Gasteiger partial charge in [0.2, 0.25) is 0 Å². The van der Waals surface area contributed by atoms with Crippen LogP contribution in [0.2, 0.25) is 0 Å². The van der Waals surface area contributed by atoms with Gasteiger partial charge in [-0.15, -0.1) is 0 Å². The second-order valence-corrected chi connectivity index (χ2v) is 3.87. The largest absolute Gasteiger partial charge is 0.443 e. The molecule has 2 heteroatoms. The molecule has 0 unspecified atom stereocenters. The van der Waals surface area contributed by atoms with Crippen molar-refractivity contribution in [2.24, 2.45) is 0 Å². The van der Waals surface area contributed by atoms with E-state index in [0.717, 1.165) is 32.5 Å². The van der Waals surface area contributed by atoms with Crippen molar-refractivity contribution in [3.63, 3.8) is 0 Å². The minimum absolute atomic E-state index is 0.261. The molecular weight excluding hydrogens is 200 g/mol. The quantitative estimate of drug-likeness (QED) is 0.707. The molecule has 0 radical (unpaired) electrons. The third kappa shape index (κ3) is 3.60. The summed E-state index contributed by atoms with van der Waals surface area (Å²) in [6.45, 7) is 1.59. The Balaban J connectivity index is 1.73. The van der Waals surface area contributed by atoms with E-state index < -0.39 is 0 Å². The molecule has 1 heterocycles. The van der Waals surface area contributed by atoms with Gasteiger partial charge in [0.1, 0.15) is 12.2 Å². The first-order chi connectivity index (χ1) is 7.95. The highest BCUT2D eigenvalue weighted by Gasteiger charge is 2.13. The third-order valence-corrected chi connectivity index (χ3v) is 2.60. The maximum Gasteiger partial charge on any atom is 0.115 e. The number of ether oxygens (including phenoxy) is 2. The molecule has 0 saturated carbocycles. The van der Waals surface area contributed by atoms with Gasteiger partial charge in [0, 0.05) is 19.3 Å². The van der Waals surface area contributed by atoms with Gasteiger partial charge >= 0.3 is 0 Å². The van der Waals surface area contributed by atoms with Crippen molar-refractivity contribution in [3.05, 3.63) is 35.9 Å². The van der Waals surface area contributed by atoms with Crippen LogP contribution in [-0.4, -0.2) is 19.3 Å². The molecule has 2 nitrogen and oxygen atoms in total. The van der Waals surface area contributed by atoms with Crippen LogP contribution >= 0.6 is 0 Å². The van der Waals surface area contributed by atoms with E-state index in [1.165, 1.54) is 5.56 Å². The Morgan fingerprint density at radius 3 is 2.69 bits per heavy atom. The molecule has 2 rings (SSSR count). The minimum atomic E-state index is 0.261. The Labute approximate surface area is 96.6 Å². The van der Waals surface area contributed by atoms with Crippen molar-refractivity contribution in [2.75, 3.05) is 13.2 Å². The minimum Gasteiger partial charge on any atom is -0.443 e. The van der Waals surface area contributed by atoms with Gasteiger partial charge in [0.05, 0.1) is 13.2 Å². The second-order valence-electron chi connectivity index (χ2n) is 3.87. The molecule has 1 aliphatic rings. The summed E-state index contributed by atoms with van der Waals surface area (Å²) >= 11 is 0. The van der Waals surface area contributed by atoms with E-state index in [1.807, 2.05) is 18.2 Å². The van der Waals surface area contributed by atoms with Gasteiger partial charge in [-0.05, 0) is 5.56 Å². The smallest absolute Gasteiger partial charge is 0.115 e. The van der Waals surface area contributed by atoms with Crippen LogP contribution in [0.4, 0.5) is 0 Å². The molecule has 0 aliphatic carbocycles. The number of benzene rings is 1. The van der Waals surface area contributed by atoms with Crippen LogP contribution in [0, 0.1) is 12.0 Å². The van der Waals surface area contributed by atoms with Crippen molar-refractivity contribution in [2.45, 2.75) is 25.4 Å². The second kappa shape index (κ2) is 6.19. The molecule has 0 bridgehead atoms. The van der Waals surface area contributed by atoms with E-state index in [1.54, 1.807) is 0 Å². The molecule has 0 N–H and O–H groups in total. The van der Waals surface area contributed by atoms with Gasteiger partial charge in [-0.25, -0.2) is 0 Å². The fourth-order valence-corrected chi connectivity index (χ4v) is 1.65. The predicted molar refractivity (Wildman–Crippen MR) is 62.8 cm³/mol. The summed E-state index contributed by atoms with van der Waals surface area (Å²) in [5.74, 6) is 3.04. The van der Waals surface area contributed by atoms with E-state index in [-0.39, 0.29) is 6.10 Å². The van der Waals surface area contributed by atoms with Gasteiger partial charge in [-0.3, -0.25) is 0 Å². The molecule has 1 fully saturated rings. The van der Waals surface area contributed by atoms with Crippen molar-refractivity contribution < 1.29 is 9.47 Å². The van der Waals surface area contributed by atoms with Crippen LogP contribution in [0.5, 0.6) is 0 Å². The molecule has 1 saturated heterocycles. The normalized spacial score (nSPS) is 16.2.